The predicted octanol–water partition coefficient (Wildman–Crippen LogP) is 6.52. The number of hydrogen-bond acceptors (Lipinski definition) is 24. The summed E-state index contributed by atoms with van der Waals surface area (Å²) >= 11 is 13.7. The Labute approximate surface area is 448 Å². The zero-order chi connectivity index (χ0) is 56.2. The quantitative estimate of drug-likeness (QED) is 0.0342. The van der Waals surface area contributed by atoms with Crippen molar-refractivity contribution in [2.45, 2.75) is 45.5 Å². The summed E-state index contributed by atoms with van der Waals surface area (Å²) in [6, 6.07) is 13.7. The Morgan fingerprint density at radius 3 is 1.71 bits per heavy atom. The first kappa shape index (κ1) is 55.0. The number of nitrogens with one attached hydrogen (secondary N) is 6. The molecule has 10 N–H and O–H groups in total. The summed E-state index contributed by atoms with van der Waals surface area (Å²) in [5.74, 6) is -2.97. The van der Waals surface area contributed by atoms with Gasteiger partial charge in [0, 0.05) is 18.6 Å². The third-order valence-electron chi connectivity index (χ3n) is 10.8. The van der Waals surface area contributed by atoms with Crippen molar-refractivity contribution >= 4 is 127 Å². The Morgan fingerprint density at radius 1 is 0.615 bits per heavy atom. The topological polar surface area (TPSA) is 415 Å². The minimum Gasteiger partial charge on any atom is -0.450 e. The zero-order valence-corrected chi connectivity index (χ0v) is 43.9. The number of hydrogen-bond donors (Lipinski definition) is 10. The molecule has 4 aromatic carbocycles. The summed E-state index contributed by atoms with van der Waals surface area (Å²) < 4.78 is 181. The van der Waals surface area contributed by atoms with E-state index in [0.29, 0.717) is 0 Å². The molecule has 0 saturated heterocycles. The predicted molar refractivity (Wildman–Crippen MR) is 274 cm³/mol. The minimum absolute atomic E-state index is 0.0912. The van der Waals surface area contributed by atoms with Gasteiger partial charge >= 0.3 is 22.3 Å². The number of anilines is 9. The summed E-state index contributed by atoms with van der Waals surface area (Å²) in [4.78, 5) is 28.2. The molecule has 2 aliphatic heterocycles. The lowest BCUT2D eigenvalue weighted by atomic mass is 10.1. The second-order valence-corrected chi connectivity index (χ2v) is 22.7. The lowest BCUT2D eigenvalue weighted by Gasteiger charge is -2.27. The van der Waals surface area contributed by atoms with Gasteiger partial charge in [0.1, 0.15) is 36.7 Å². The molecule has 0 bridgehead atoms. The fraction of sp³-hybridized carbons (Fsp3) is 0.143. The van der Waals surface area contributed by atoms with E-state index in [1.54, 1.807) is 6.92 Å². The van der Waals surface area contributed by atoms with Gasteiger partial charge in [-0.3, -0.25) is 23.2 Å². The van der Waals surface area contributed by atoms with E-state index < -0.39 is 108 Å². The number of aromatic nitrogens is 7. The van der Waals surface area contributed by atoms with E-state index in [2.05, 4.69) is 71.8 Å². The monoisotopic (exact) mass is 1190 g/mol. The molecule has 0 spiro atoms. The van der Waals surface area contributed by atoms with E-state index in [-0.39, 0.29) is 91.4 Å². The number of para-hydroxylation sites is 2. The standard InChI is InChI=1S/C42H34Cl2F2N14O14S4/c1-17(49-39-55-37(45)57-41(59-39)53-19-7-3-5-9-25(19)75(61,62)63)15-47-23-13-11-21-31(35(23)77(67,68)69)73-33-27(43)30-34(28(44)29(33)51-21)74-32-22(52-30)12-14-24(36(32)78(70,71)72)48-16-18(2)50-40-56-38(46)58-42(60-40)54-20-8-4-6-10-26(20)76(64,65)66/h3-14,17-18,47,51H,15-16H2,1-2H3,(H,61,62,63)(H,64,65,66)(H,67,68,69)(H,70,71,72)(H2,49,53,55,57,59)(H2,50,54,56,58,60). The van der Waals surface area contributed by atoms with Crippen molar-refractivity contribution in [1.82, 2.24) is 34.9 Å². The number of nitrogens with zero attached hydrogens (tertiary/aromatic N) is 8. The Hall–Kier alpha value is -7.80. The molecule has 36 heteroatoms. The van der Waals surface area contributed by atoms with E-state index in [4.69, 9.17) is 32.4 Å². The molecular formula is C42H34Cl2F2N14O14S4. The number of rotatable bonds is 17. The van der Waals surface area contributed by atoms with Crippen molar-refractivity contribution in [3.8, 4) is 23.0 Å². The number of benzene rings is 5. The fourth-order valence-corrected chi connectivity index (χ4v) is 11.0. The van der Waals surface area contributed by atoms with E-state index >= 15 is 0 Å². The Balaban J connectivity index is 0.966. The smallest absolute Gasteiger partial charge is 0.315 e. The maximum atomic E-state index is 14.6. The van der Waals surface area contributed by atoms with Crippen LogP contribution in [0.3, 0.4) is 0 Å². The summed E-state index contributed by atoms with van der Waals surface area (Å²) in [5, 5.41) is 15.2. The van der Waals surface area contributed by atoms with Crippen molar-refractivity contribution in [3.63, 3.8) is 0 Å². The van der Waals surface area contributed by atoms with Gasteiger partial charge in [-0.25, -0.2) is 4.98 Å². The van der Waals surface area contributed by atoms with Gasteiger partial charge in [0.2, 0.25) is 23.8 Å². The van der Waals surface area contributed by atoms with Crippen LogP contribution in [-0.2, 0) is 40.5 Å². The maximum absolute atomic E-state index is 14.6. The maximum Gasteiger partial charge on any atom is 0.315 e. The molecule has 9 rings (SSSR count). The van der Waals surface area contributed by atoms with Crippen LogP contribution in [0.1, 0.15) is 13.8 Å². The highest BCUT2D eigenvalue weighted by molar-refractivity contribution is 7.86. The van der Waals surface area contributed by atoms with Crippen molar-refractivity contribution < 1.29 is 69.8 Å². The average Bonchev–Trinajstić information content (AvgIpc) is 3.45. The molecule has 3 aliphatic rings. The molecule has 2 unspecified atom stereocenters. The largest absolute Gasteiger partial charge is 0.450 e. The van der Waals surface area contributed by atoms with Crippen molar-refractivity contribution in [3.05, 3.63) is 100 Å². The molecule has 2 aromatic heterocycles. The van der Waals surface area contributed by atoms with Crippen LogP contribution in [0.2, 0.25) is 10.0 Å². The van der Waals surface area contributed by atoms with Crippen LogP contribution < -0.4 is 42.0 Å². The molecule has 6 aromatic rings. The Bertz CT molecular complexity index is 4290. The first-order valence-corrected chi connectivity index (χ1v) is 28.3. The molecule has 0 radical (unpaired) electrons. The van der Waals surface area contributed by atoms with E-state index in [9.17, 15) is 60.7 Å². The molecule has 0 amide bonds. The van der Waals surface area contributed by atoms with Crippen LogP contribution in [0.15, 0.2) is 102 Å². The van der Waals surface area contributed by atoms with E-state index in [0.717, 1.165) is 12.1 Å². The van der Waals surface area contributed by atoms with Gasteiger partial charge in [0.25, 0.3) is 30.4 Å². The molecule has 78 heavy (non-hydrogen) atoms. The first-order valence-electron chi connectivity index (χ1n) is 21.8. The summed E-state index contributed by atoms with van der Waals surface area (Å²) in [7, 11) is -19.8. The van der Waals surface area contributed by atoms with Crippen LogP contribution in [0, 0.1) is 12.2 Å². The van der Waals surface area contributed by atoms with Crippen LogP contribution >= 0.6 is 23.2 Å². The third-order valence-corrected chi connectivity index (χ3v) is 15.2. The van der Waals surface area contributed by atoms with Gasteiger partial charge in [-0.2, -0.15) is 72.4 Å². The molecular weight excluding hydrogens is 1160 g/mol. The van der Waals surface area contributed by atoms with Crippen LogP contribution in [-0.4, -0.2) is 112 Å². The van der Waals surface area contributed by atoms with E-state index in [1.807, 2.05) is 0 Å². The summed E-state index contributed by atoms with van der Waals surface area (Å²) in [5.41, 5.74) is -1.64. The summed E-state index contributed by atoms with van der Waals surface area (Å²) in [6.45, 7) is 2.62. The Morgan fingerprint density at radius 2 is 1.15 bits per heavy atom. The van der Waals surface area contributed by atoms with Gasteiger partial charge in [0.15, 0.2) is 32.6 Å². The third kappa shape index (κ3) is 11.7. The SMILES string of the molecule is CC(CN=c1ccc2nc3c(Cl)c4c(c(Cl)c3oc-2c1S(=O)(=O)O)Nc1ccc(NCC(C)Nc2nc(F)nc(Nc3ccccc3S(=O)(=O)O)n2)c(S(=O)(=O)O)c1O4)Nc1nc(F)nc(Nc2ccccc2S(=O)(=O)O)n1. The lowest BCUT2D eigenvalue weighted by Crippen LogP contribution is -2.27. The number of ether oxygens (including phenoxy) is 1. The van der Waals surface area contributed by atoms with Gasteiger partial charge in [-0.1, -0.05) is 47.5 Å². The fourth-order valence-electron chi connectivity index (χ4n) is 7.56. The van der Waals surface area contributed by atoms with Crippen molar-refractivity contribution in [2.24, 2.45) is 4.99 Å². The van der Waals surface area contributed by atoms with Crippen molar-refractivity contribution in [1.29, 1.82) is 0 Å². The number of fused-ring (bicyclic) bond motifs is 4. The Kier molecular flexibility index (Phi) is 14.7. The highest BCUT2D eigenvalue weighted by Crippen LogP contribution is 2.55. The van der Waals surface area contributed by atoms with Gasteiger partial charge in [-0.05, 0) is 62.4 Å². The van der Waals surface area contributed by atoms with Gasteiger partial charge in [-0.15, -0.1) is 0 Å². The second kappa shape index (κ2) is 20.9. The lowest BCUT2D eigenvalue weighted by molar-refractivity contribution is 0.449. The van der Waals surface area contributed by atoms with Gasteiger partial charge < -0.3 is 41.1 Å². The minimum atomic E-state index is -5.20. The average molecular weight is 1200 g/mol. The van der Waals surface area contributed by atoms with Crippen LogP contribution in [0.5, 0.6) is 11.5 Å². The normalized spacial score (nSPS) is 13.7. The van der Waals surface area contributed by atoms with Crippen LogP contribution in [0.25, 0.3) is 22.6 Å². The number of halogens is 4. The van der Waals surface area contributed by atoms with E-state index in [1.165, 1.54) is 67.6 Å². The van der Waals surface area contributed by atoms with Crippen LogP contribution in [0.4, 0.5) is 61.0 Å². The summed E-state index contributed by atoms with van der Waals surface area (Å²) in [6.07, 6.45) is -2.57. The molecule has 4 heterocycles. The van der Waals surface area contributed by atoms with Crippen molar-refractivity contribution in [2.75, 3.05) is 45.0 Å². The first-order chi connectivity index (χ1) is 36.6. The molecule has 408 valence electrons. The highest BCUT2D eigenvalue weighted by Gasteiger charge is 2.35. The molecule has 0 saturated carbocycles. The second-order valence-electron chi connectivity index (χ2n) is 16.5. The van der Waals surface area contributed by atoms with Gasteiger partial charge in [0.05, 0.1) is 34.7 Å². The molecule has 2 atom stereocenters. The zero-order valence-electron chi connectivity index (χ0n) is 39.1. The molecule has 1 aliphatic carbocycles. The highest BCUT2D eigenvalue weighted by atomic mass is 35.5. The molecule has 0 fully saturated rings. The molecule has 28 nitrogen and oxygen atoms in total.